The van der Waals surface area contributed by atoms with Crippen molar-refractivity contribution in [2.75, 3.05) is 11.1 Å². The van der Waals surface area contributed by atoms with Crippen molar-refractivity contribution in [3.05, 3.63) is 39.7 Å². The van der Waals surface area contributed by atoms with Crippen LogP contribution in [0, 0.1) is 0 Å². The summed E-state index contributed by atoms with van der Waals surface area (Å²) in [6.45, 7) is 2.11. The number of pyridine rings is 1. The quantitative estimate of drug-likeness (QED) is 0.892. The third-order valence-corrected chi connectivity index (χ3v) is 3.46. The van der Waals surface area contributed by atoms with Gasteiger partial charge in [-0.1, -0.05) is 17.7 Å². The minimum atomic E-state index is 0.282. The number of rotatable bonds is 4. The zero-order valence-electron chi connectivity index (χ0n) is 9.48. The Kier molecular flexibility index (Phi) is 3.86. The van der Waals surface area contributed by atoms with Crippen molar-refractivity contribution in [3.63, 3.8) is 0 Å². The predicted octanol–water partition coefficient (Wildman–Crippen LogP) is 3.42. The fourth-order valence-electron chi connectivity index (χ4n) is 1.59. The summed E-state index contributed by atoms with van der Waals surface area (Å²) in [4.78, 5) is 5.53. The highest BCUT2D eigenvalue weighted by atomic mass is 35.5. The molecular weight excluding hydrogens is 254 g/mol. The zero-order valence-corrected chi connectivity index (χ0v) is 11.1. The second kappa shape index (κ2) is 5.38. The van der Waals surface area contributed by atoms with E-state index in [9.17, 15) is 0 Å². The van der Waals surface area contributed by atoms with E-state index in [4.69, 9.17) is 17.3 Å². The standard InChI is InChI=1S/C12H14ClN3S/c1-8(5-10-3-2-4-17-10)16-12-11(14)6-9(13)7-15-12/h2-4,6-8H,5,14H2,1H3,(H,15,16). The first-order chi connectivity index (χ1) is 8.15. The molecule has 3 N–H and O–H groups in total. The van der Waals surface area contributed by atoms with Crippen molar-refractivity contribution in [2.45, 2.75) is 19.4 Å². The molecule has 0 aliphatic heterocycles. The number of halogens is 1. The van der Waals surface area contributed by atoms with Crippen LogP contribution in [0.5, 0.6) is 0 Å². The van der Waals surface area contributed by atoms with Gasteiger partial charge in [0, 0.05) is 23.5 Å². The van der Waals surface area contributed by atoms with Crippen LogP contribution in [0.1, 0.15) is 11.8 Å². The third-order valence-electron chi connectivity index (χ3n) is 2.35. The molecule has 0 spiro atoms. The van der Waals surface area contributed by atoms with Gasteiger partial charge < -0.3 is 11.1 Å². The van der Waals surface area contributed by atoms with Crippen LogP contribution in [0.15, 0.2) is 29.8 Å². The van der Waals surface area contributed by atoms with E-state index < -0.39 is 0 Å². The number of nitrogens with one attached hydrogen (secondary N) is 1. The van der Waals surface area contributed by atoms with E-state index in [-0.39, 0.29) is 6.04 Å². The zero-order chi connectivity index (χ0) is 12.3. The van der Waals surface area contributed by atoms with E-state index >= 15 is 0 Å². The van der Waals surface area contributed by atoms with Crippen LogP contribution in [0.4, 0.5) is 11.5 Å². The van der Waals surface area contributed by atoms with E-state index in [0.717, 1.165) is 6.42 Å². The molecule has 0 fully saturated rings. The van der Waals surface area contributed by atoms with E-state index in [2.05, 4.69) is 34.7 Å². The molecule has 2 aromatic heterocycles. The van der Waals surface area contributed by atoms with Gasteiger partial charge in [-0.05, 0) is 24.4 Å². The van der Waals surface area contributed by atoms with Crippen molar-refractivity contribution in [3.8, 4) is 0 Å². The van der Waals surface area contributed by atoms with Crippen LogP contribution in [-0.4, -0.2) is 11.0 Å². The summed E-state index contributed by atoms with van der Waals surface area (Å²) < 4.78 is 0. The Bertz CT molecular complexity index is 485. The number of anilines is 2. The summed E-state index contributed by atoms with van der Waals surface area (Å²) in [6, 6.07) is 6.17. The second-order valence-corrected chi connectivity index (χ2v) is 5.39. The first-order valence-corrected chi connectivity index (χ1v) is 6.61. The molecule has 5 heteroatoms. The van der Waals surface area contributed by atoms with Crippen molar-refractivity contribution in [1.82, 2.24) is 4.98 Å². The average molecular weight is 268 g/mol. The summed E-state index contributed by atoms with van der Waals surface area (Å²) in [5.74, 6) is 0.693. The molecule has 0 radical (unpaired) electrons. The Hall–Kier alpha value is -1.26. The van der Waals surface area contributed by atoms with Gasteiger partial charge in [0.15, 0.2) is 0 Å². The number of thiophene rings is 1. The van der Waals surface area contributed by atoms with Crippen molar-refractivity contribution in [1.29, 1.82) is 0 Å². The van der Waals surface area contributed by atoms with Gasteiger partial charge in [0.2, 0.25) is 0 Å². The van der Waals surface area contributed by atoms with Gasteiger partial charge in [-0.2, -0.15) is 0 Å². The second-order valence-electron chi connectivity index (χ2n) is 3.92. The van der Waals surface area contributed by atoms with E-state index in [0.29, 0.717) is 16.5 Å². The first kappa shape index (κ1) is 12.2. The summed E-state index contributed by atoms with van der Waals surface area (Å²) in [6.07, 6.45) is 2.56. The third kappa shape index (κ3) is 3.35. The topological polar surface area (TPSA) is 50.9 Å². The van der Waals surface area contributed by atoms with Crippen LogP contribution in [0.25, 0.3) is 0 Å². The van der Waals surface area contributed by atoms with Gasteiger partial charge in [0.05, 0.1) is 10.7 Å². The van der Waals surface area contributed by atoms with Crippen LogP contribution in [-0.2, 0) is 6.42 Å². The Labute approximate surface area is 110 Å². The van der Waals surface area contributed by atoms with Gasteiger partial charge in [0.1, 0.15) is 5.82 Å². The van der Waals surface area contributed by atoms with Crippen LogP contribution in [0.2, 0.25) is 5.02 Å². The fraction of sp³-hybridized carbons (Fsp3) is 0.250. The molecule has 2 aromatic rings. The number of nitrogens with zero attached hydrogens (tertiary/aromatic N) is 1. The fourth-order valence-corrected chi connectivity index (χ4v) is 2.59. The Morgan fingerprint density at radius 3 is 3.06 bits per heavy atom. The molecule has 0 saturated carbocycles. The number of nitrogen functional groups attached to an aromatic ring is 1. The molecule has 0 aliphatic rings. The number of aromatic nitrogens is 1. The maximum atomic E-state index is 5.84. The monoisotopic (exact) mass is 267 g/mol. The largest absolute Gasteiger partial charge is 0.396 e. The van der Waals surface area contributed by atoms with E-state index in [1.54, 1.807) is 23.6 Å². The highest BCUT2D eigenvalue weighted by Crippen LogP contribution is 2.21. The minimum absolute atomic E-state index is 0.282. The molecule has 0 amide bonds. The molecule has 0 aromatic carbocycles. The van der Waals surface area contributed by atoms with Gasteiger partial charge in [-0.3, -0.25) is 0 Å². The molecule has 0 aliphatic carbocycles. The van der Waals surface area contributed by atoms with Crippen molar-refractivity contribution in [2.24, 2.45) is 0 Å². The molecule has 0 bridgehead atoms. The molecule has 2 rings (SSSR count). The SMILES string of the molecule is CC(Cc1cccs1)Nc1ncc(Cl)cc1N. The molecule has 1 unspecified atom stereocenters. The number of hydrogen-bond donors (Lipinski definition) is 2. The summed E-state index contributed by atoms with van der Waals surface area (Å²) in [5, 5.41) is 5.92. The Morgan fingerprint density at radius 2 is 2.41 bits per heavy atom. The van der Waals surface area contributed by atoms with Crippen LogP contribution >= 0.6 is 22.9 Å². The molecule has 0 saturated heterocycles. The lowest BCUT2D eigenvalue weighted by molar-refractivity contribution is 0.795. The maximum Gasteiger partial charge on any atom is 0.149 e. The molecule has 3 nitrogen and oxygen atoms in total. The first-order valence-electron chi connectivity index (χ1n) is 5.35. The van der Waals surface area contributed by atoms with Crippen LogP contribution < -0.4 is 11.1 Å². The smallest absolute Gasteiger partial charge is 0.149 e. The molecule has 90 valence electrons. The summed E-state index contributed by atoms with van der Waals surface area (Å²) >= 11 is 7.56. The van der Waals surface area contributed by atoms with Gasteiger partial charge in [-0.15, -0.1) is 11.3 Å². The highest BCUT2D eigenvalue weighted by Gasteiger charge is 2.07. The van der Waals surface area contributed by atoms with E-state index in [1.807, 2.05) is 0 Å². The van der Waals surface area contributed by atoms with E-state index in [1.165, 1.54) is 4.88 Å². The lowest BCUT2D eigenvalue weighted by atomic mass is 10.2. The number of hydrogen-bond acceptors (Lipinski definition) is 4. The highest BCUT2D eigenvalue weighted by molar-refractivity contribution is 7.09. The van der Waals surface area contributed by atoms with Crippen molar-refractivity contribution >= 4 is 34.4 Å². The van der Waals surface area contributed by atoms with Gasteiger partial charge >= 0.3 is 0 Å². The Morgan fingerprint density at radius 1 is 1.59 bits per heavy atom. The molecular formula is C12H14ClN3S. The van der Waals surface area contributed by atoms with Crippen molar-refractivity contribution < 1.29 is 0 Å². The lowest BCUT2D eigenvalue weighted by Crippen LogP contribution is -2.19. The van der Waals surface area contributed by atoms with Gasteiger partial charge in [0.25, 0.3) is 0 Å². The maximum absolute atomic E-state index is 5.84. The number of nitrogens with two attached hydrogens (primary N) is 1. The van der Waals surface area contributed by atoms with Crippen LogP contribution in [0.3, 0.4) is 0 Å². The Balaban J connectivity index is 2.00. The normalized spacial score (nSPS) is 12.4. The summed E-state index contributed by atoms with van der Waals surface area (Å²) in [7, 11) is 0. The molecule has 1 atom stereocenters. The molecule has 2 heterocycles. The lowest BCUT2D eigenvalue weighted by Gasteiger charge is -2.15. The summed E-state index contributed by atoms with van der Waals surface area (Å²) in [5.41, 5.74) is 6.42. The molecule has 17 heavy (non-hydrogen) atoms. The average Bonchev–Trinajstić information content (AvgIpc) is 2.75. The predicted molar refractivity (Wildman–Crippen MR) is 74.8 cm³/mol. The minimum Gasteiger partial charge on any atom is -0.396 e. The van der Waals surface area contributed by atoms with Gasteiger partial charge in [-0.25, -0.2) is 4.98 Å².